The molecule has 0 bridgehead atoms. The Bertz CT molecular complexity index is 498. The van der Waals surface area contributed by atoms with Crippen LogP contribution in [0.5, 0.6) is 0 Å². The lowest BCUT2D eigenvalue weighted by molar-refractivity contribution is -0.146. The van der Waals surface area contributed by atoms with E-state index in [4.69, 9.17) is 4.74 Å². The predicted octanol–water partition coefficient (Wildman–Crippen LogP) is 2.75. The van der Waals surface area contributed by atoms with Gasteiger partial charge in [-0.25, -0.2) is 4.98 Å². The topological polar surface area (TPSA) is 39.2 Å². The second kappa shape index (κ2) is 3.87. The Morgan fingerprint density at radius 2 is 2.25 bits per heavy atom. The summed E-state index contributed by atoms with van der Waals surface area (Å²) >= 11 is 1.58. The Morgan fingerprint density at radius 3 is 3.00 bits per heavy atom. The van der Waals surface area contributed by atoms with Crippen molar-refractivity contribution >= 4 is 27.5 Å². The van der Waals surface area contributed by atoms with Gasteiger partial charge >= 0.3 is 5.97 Å². The van der Waals surface area contributed by atoms with E-state index in [0.717, 1.165) is 28.1 Å². The highest BCUT2D eigenvalue weighted by molar-refractivity contribution is 7.18. The first-order valence-electron chi connectivity index (χ1n) is 5.34. The molecule has 0 saturated heterocycles. The van der Waals surface area contributed by atoms with Crippen LogP contribution in [0.1, 0.15) is 17.8 Å². The van der Waals surface area contributed by atoms with E-state index in [-0.39, 0.29) is 11.9 Å². The summed E-state index contributed by atoms with van der Waals surface area (Å²) in [4.78, 5) is 15.8. The fraction of sp³-hybridized carbons (Fsp3) is 0.333. The molecule has 0 aliphatic heterocycles. The molecule has 0 radical (unpaired) electrons. The lowest BCUT2D eigenvalue weighted by Gasteiger charge is -1.99. The van der Waals surface area contributed by atoms with Crippen molar-refractivity contribution in [3.63, 3.8) is 0 Å². The number of para-hydroxylation sites is 1. The summed E-state index contributed by atoms with van der Waals surface area (Å²) in [6, 6.07) is 7.94. The minimum absolute atomic E-state index is 0.0701. The van der Waals surface area contributed by atoms with E-state index in [0.29, 0.717) is 6.61 Å². The molecule has 82 valence electrons. The van der Waals surface area contributed by atoms with E-state index < -0.39 is 0 Å². The monoisotopic (exact) mass is 233 g/mol. The van der Waals surface area contributed by atoms with Gasteiger partial charge in [-0.3, -0.25) is 4.79 Å². The van der Waals surface area contributed by atoms with Crippen molar-refractivity contribution in [1.29, 1.82) is 0 Å². The molecule has 1 aliphatic carbocycles. The molecule has 0 spiro atoms. The van der Waals surface area contributed by atoms with Gasteiger partial charge in [-0.15, -0.1) is 11.3 Å². The SMILES string of the molecule is O=C(OCc1nc2ccccc2s1)C1CC1. The molecule has 1 aliphatic rings. The van der Waals surface area contributed by atoms with Crippen molar-refractivity contribution < 1.29 is 9.53 Å². The Labute approximate surface area is 97.1 Å². The number of esters is 1. The fourth-order valence-electron chi connectivity index (χ4n) is 1.55. The molecule has 16 heavy (non-hydrogen) atoms. The molecule has 1 heterocycles. The summed E-state index contributed by atoms with van der Waals surface area (Å²) in [6.07, 6.45) is 1.97. The number of carbonyl (C=O) groups is 1. The molecule has 3 nitrogen and oxygen atoms in total. The van der Waals surface area contributed by atoms with E-state index in [1.54, 1.807) is 11.3 Å². The lowest BCUT2D eigenvalue weighted by atomic mass is 10.3. The number of fused-ring (bicyclic) bond motifs is 1. The van der Waals surface area contributed by atoms with Crippen molar-refractivity contribution in [1.82, 2.24) is 4.98 Å². The lowest BCUT2D eigenvalue weighted by Crippen LogP contribution is -2.05. The summed E-state index contributed by atoms with van der Waals surface area (Å²) < 4.78 is 6.33. The molecule has 0 amide bonds. The van der Waals surface area contributed by atoms with Crippen molar-refractivity contribution in [2.75, 3.05) is 0 Å². The molecule has 2 aromatic rings. The van der Waals surface area contributed by atoms with Gasteiger partial charge in [0.1, 0.15) is 11.6 Å². The first-order valence-corrected chi connectivity index (χ1v) is 6.15. The molecular formula is C12H11NO2S. The summed E-state index contributed by atoms with van der Waals surface area (Å²) in [5, 5.41) is 0.871. The number of benzene rings is 1. The largest absolute Gasteiger partial charge is 0.458 e. The number of hydrogen-bond acceptors (Lipinski definition) is 4. The van der Waals surface area contributed by atoms with Crippen LogP contribution in [0.3, 0.4) is 0 Å². The number of carbonyl (C=O) groups excluding carboxylic acids is 1. The third-order valence-corrected chi connectivity index (χ3v) is 3.60. The molecule has 3 rings (SSSR count). The molecule has 1 aromatic heterocycles. The van der Waals surface area contributed by atoms with Crippen molar-refractivity contribution in [2.24, 2.45) is 5.92 Å². The van der Waals surface area contributed by atoms with Crippen LogP contribution >= 0.6 is 11.3 Å². The van der Waals surface area contributed by atoms with Crippen molar-refractivity contribution in [3.05, 3.63) is 29.3 Å². The Balaban J connectivity index is 1.71. The Hall–Kier alpha value is -1.42. The van der Waals surface area contributed by atoms with Gasteiger partial charge in [-0.2, -0.15) is 0 Å². The predicted molar refractivity (Wildman–Crippen MR) is 62.1 cm³/mol. The fourth-order valence-corrected chi connectivity index (χ4v) is 2.43. The maximum Gasteiger partial charge on any atom is 0.309 e. The zero-order valence-electron chi connectivity index (χ0n) is 8.68. The number of ether oxygens (including phenoxy) is 1. The standard InChI is InChI=1S/C12H11NO2S/c14-12(8-5-6-8)15-7-11-13-9-3-1-2-4-10(9)16-11/h1-4,8H,5-7H2. The van der Waals surface area contributed by atoms with Gasteiger partial charge in [0.25, 0.3) is 0 Å². The van der Waals surface area contributed by atoms with Gasteiger partial charge in [0.15, 0.2) is 0 Å². The molecule has 4 heteroatoms. The van der Waals surface area contributed by atoms with E-state index in [1.165, 1.54) is 0 Å². The summed E-state index contributed by atoms with van der Waals surface area (Å²) in [5.74, 6) is 0.0913. The quantitative estimate of drug-likeness (QED) is 0.765. The Kier molecular flexibility index (Phi) is 2.36. The highest BCUT2D eigenvalue weighted by Gasteiger charge is 2.31. The summed E-state index contributed by atoms with van der Waals surface area (Å²) in [5.41, 5.74) is 0.977. The van der Waals surface area contributed by atoms with Crippen LogP contribution in [0, 0.1) is 5.92 Å². The van der Waals surface area contributed by atoms with Crippen LogP contribution in [0.4, 0.5) is 0 Å². The van der Waals surface area contributed by atoms with Crippen LogP contribution in [-0.4, -0.2) is 11.0 Å². The van der Waals surface area contributed by atoms with Gasteiger partial charge < -0.3 is 4.74 Å². The number of nitrogens with zero attached hydrogens (tertiary/aromatic N) is 1. The number of hydrogen-bond donors (Lipinski definition) is 0. The van der Waals surface area contributed by atoms with Gasteiger partial charge in [0, 0.05) is 0 Å². The molecule has 0 atom stereocenters. The van der Waals surface area contributed by atoms with Crippen molar-refractivity contribution in [2.45, 2.75) is 19.4 Å². The average molecular weight is 233 g/mol. The highest BCUT2D eigenvalue weighted by atomic mass is 32.1. The smallest absolute Gasteiger partial charge is 0.309 e. The van der Waals surface area contributed by atoms with Crippen LogP contribution in [0.15, 0.2) is 24.3 Å². The molecule has 1 fully saturated rings. The molecule has 1 aromatic carbocycles. The molecular weight excluding hydrogens is 222 g/mol. The number of aromatic nitrogens is 1. The van der Waals surface area contributed by atoms with Crippen molar-refractivity contribution in [3.8, 4) is 0 Å². The summed E-state index contributed by atoms with van der Waals surface area (Å²) in [6.45, 7) is 0.314. The first kappa shape index (κ1) is 9.78. The van der Waals surface area contributed by atoms with Gasteiger partial charge in [-0.05, 0) is 25.0 Å². The maximum absolute atomic E-state index is 11.3. The minimum atomic E-state index is -0.0701. The van der Waals surface area contributed by atoms with Gasteiger partial charge in [0.2, 0.25) is 0 Å². The zero-order valence-corrected chi connectivity index (χ0v) is 9.50. The number of rotatable bonds is 3. The van der Waals surface area contributed by atoms with Crippen LogP contribution in [0.25, 0.3) is 10.2 Å². The highest BCUT2D eigenvalue weighted by Crippen LogP contribution is 2.30. The van der Waals surface area contributed by atoms with E-state index in [1.807, 2.05) is 24.3 Å². The third-order valence-electron chi connectivity index (χ3n) is 2.59. The molecule has 1 saturated carbocycles. The van der Waals surface area contributed by atoms with E-state index in [9.17, 15) is 4.79 Å². The summed E-state index contributed by atoms with van der Waals surface area (Å²) in [7, 11) is 0. The second-order valence-electron chi connectivity index (χ2n) is 3.96. The van der Waals surface area contributed by atoms with Gasteiger partial charge in [0.05, 0.1) is 16.1 Å². The minimum Gasteiger partial charge on any atom is -0.458 e. The van der Waals surface area contributed by atoms with E-state index >= 15 is 0 Å². The first-order chi connectivity index (χ1) is 7.83. The van der Waals surface area contributed by atoms with Crippen LogP contribution in [-0.2, 0) is 16.1 Å². The average Bonchev–Trinajstić information content (AvgIpc) is 3.06. The second-order valence-corrected chi connectivity index (χ2v) is 5.07. The zero-order chi connectivity index (χ0) is 11.0. The molecule has 0 unspecified atom stereocenters. The maximum atomic E-state index is 11.3. The van der Waals surface area contributed by atoms with Crippen LogP contribution in [0.2, 0.25) is 0 Å². The Morgan fingerprint density at radius 1 is 1.44 bits per heavy atom. The normalized spacial score (nSPS) is 15.2. The van der Waals surface area contributed by atoms with Crippen LogP contribution < -0.4 is 0 Å². The number of thiazole rings is 1. The van der Waals surface area contributed by atoms with Gasteiger partial charge in [-0.1, -0.05) is 12.1 Å². The molecule has 0 N–H and O–H groups in total. The third kappa shape index (κ3) is 1.93. The van der Waals surface area contributed by atoms with E-state index in [2.05, 4.69) is 4.98 Å².